The first kappa shape index (κ1) is 98.1. The number of carbonyl (C=O) groups excluding carboxylic acids is 5. The number of unbranched alkanes of at least 4 members (excludes halogenated alkanes) is 30. The lowest BCUT2D eigenvalue weighted by Gasteiger charge is -2.28. The van der Waals surface area contributed by atoms with Crippen molar-refractivity contribution < 1.29 is 52.4 Å². The van der Waals surface area contributed by atoms with Crippen LogP contribution in [0, 0.1) is 0 Å². The lowest BCUT2D eigenvalue weighted by atomic mass is 10.1. The number of hydrogen-bond acceptors (Lipinski definition) is 18. The number of esters is 4. The molecular formula is C91H155N9O12. The molecular weight excluding hydrogens is 1410 g/mol. The third-order valence-corrected chi connectivity index (χ3v) is 21.1. The Morgan fingerprint density at radius 2 is 0.911 bits per heavy atom. The molecule has 0 atom stereocenters. The van der Waals surface area contributed by atoms with Crippen LogP contribution >= 0.6 is 0 Å². The maximum absolute atomic E-state index is 13.9. The summed E-state index contributed by atoms with van der Waals surface area (Å²) >= 11 is 0. The number of nitrogens with zero attached hydrogens (tertiary/aromatic N) is 7. The minimum Gasteiger partial charge on any atom is -0.465 e. The fourth-order valence-electron chi connectivity index (χ4n) is 14.3. The Hall–Kier alpha value is -6.26. The number of aryl methyl sites for hydroxylation is 1. The van der Waals surface area contributed by atoms with Gasteiger partial charge in [0.15, 0.2) is 11.5 Å². The second-order valence-electron chi connectivity index (χ2n) is 31.0. The SMILES string of the molecule is CCCCCC/C=C\COC(=O)CCCCCCCCN(CCCCCCCCC(=O)OC/C=C\CCCCCC)CCCN(CCCCCCCCC(=O)OC/C=C\CCCCCC)CCCCCC(=O)Nc1nc(OCCCC)nc2c1[nH]c(=O)n2CCCN(CCCN1CCOCC1)Cc1cccc(C(=O)OC)c1. The van der Waals surface area contributed by atoms with Crippen molar-refractivity contribution >= 4 is 46.8 Å². The fraction of sp³-hybridized carbons (Fsp3) is 0.758. The van der Waals surface area contributed by atoms with E-state index >= 15 is 0 Å². The van der Waals surface area contributed by atoms with Crippen LogP contribution in [-0.2, 0) is 56.0 Å². The smallest absolute Gasteiger partial charge is 0.337 e. The van der Waals surface area contributed by atoms with E-state index in [4.69, 9.17) is 33.4 Å². The number of amides is 1. The number of fused-ring (bicyclic) bond motifs is 1. The van der Waals surface area contributed by atoms with E-state index in [0.717, 1.165) is 232 Å². The molecule has 0 unspecified atom stereocenters. The van der Waals surface area contributed by atoms with Gasteiger partial charge in [0.25, 0.3) is 0 Å². The van der Waals surface area contributed by atoms with E-state index in [9.17, 15) is 28.8 Å². The second-order valence-corrected chi connectivity index (χ2v) is 31.0. The summed E-state index contributed by atoms with van der Waals surface area (Å²) in [4.78, 5) is 100. The maximum Gasteiger partial charge on any atom is 0.337 e. The molecule has 4 rings (SSSR count). The van der Waals surface area contributed by atoms with Gasteiger partial charge >= 0.3 is 35.6 Å². The Morgan fingerprint density at radius 1 is 0.482 bits per heavy atom. The number of hydrogen-bond donors (Lipinski definition) is 2. The average Bonchev–Trinajstić information content (AvgIpc) is 1.73. The van der Waals surface area contributed by atoms with E-state index in [-0.39, 0.29) is 47.3 Å². The number of ether oxygens (including phenoxy) is 6. The Labute approximate surface area is 677 Å². The lowest BCUT2D eigenvalue weighted by Crippen LogP contribution is -2.38. The number of benzene rings is 1. The van der Waals surface area contributed by atoms with Crippen molar-refractivity contribution in [1.29, 1.82) is 0 Å². The van der Waals surface area contributed by atoms with Gasteiger partial charge in [0.2, 0.25) is 5.91 Å². The second kappa shape index (κ2) is 68.0. The quantitative estimate of drug-likeness (QED) is 0.0232. The summed E-state index contributed by atoms with van der Waals surface area (Å²) in [6, 6.07) is 7.68. The van der Waals surface area contributed by atoms with E-state index in [2.05, 4.69) is 80.8 Å². The van der Waals surface area contributed by atoms with Gasteiger partial charge in [0, 0.05) is 58.4 Å². The van der Waals surface area contributed by atoms with Crippen molar-refractivity contribution in [2.75, 3.05) is 124 Å². The minimum atomic E-state index is -0.373. The number of aromatic nitrogens is 4. The summed E-state index contributed by atoms with van der Waals surface area (Å²) in [7, 11) is 1.39. The third-order valence-electron chi connectivity index (χ3n) is 21.1. The molecule has 2 N–H and O–H groups in total. The van der Waals surface area contributed by atoms with Gasteiger partial charge in [-0.3, -0.25) is 33.5 Å². The number of H-pyrrole nitrogens is 1. The Balaban J connectivity index is 1.35. The van der Waals surface area contributed by atoms with E-state index in [1.165, 1.54) is 110 Å². The van der Waals surface area contributed by atoms with Crippen LogP contribution in [0.3, 0.4) is 0 Å². The van der Waals surface area contributed by atoms with Crippen LogP contribution in [0.15, 0.2) is 65.5 Å². The van der Waals surface area contributed by atoms with Crippen molar-refractivity contribution in [2.24, 2.45) is 0 Å². The molecule has 112 heavy (non-hydrogen) atoms. The van der Waals surface area contributed by atoms with Crippen LogP contribution in [-0.4, -0.2) is 188 Å². The van der Waals surface area contributed by atoms with E-state index < -0.39 is 0 Å². The predicted octanol–water partition coefficient (Wildman–Crippen LogP) is 19.6. The number of anilines is 1. The molecule has 0 aliphatic carbocycles. The van der Waals surface area contributed by atoms with Crippen LogP contribution in [0.2, 0.25) is 0 Å². The monoisotopic (exact) mass is 1570 g/mol. The van der Waals surface area contributed by atoms with Crippen molar-refractivity contribution in [3.8, 4) is 6.01 Å². The molecule has 0 saturated carbocycles. The molecule has 0 radical (unpaired) electrons. The molecule has 2 aromatic heterocycles. The Kier molecular flexibility index (Phi) is 59.6. The van der Waals surface area contributed by atoms with E-state index in [1.54, 1.807) is 10.6 Å². The summed E-state index contributed by atoms with van der Waals surface area (Å²) in [6.45, 7) is 23.2. The molecule has 0 spiro atoms. The molecule has 3 aromatic rings. The number of imidazole rings is 1. The van der Waals surface area contributed by atoms with Crippen LogP contribution in [0.25, 0.3) is 11.2 Å². The minimum absolute atomic E-state index is 0.0959. The fourth-order valence-corrected chi connectivity index (χ4v) is 14.3. The van der Waals surface area contributed by atoms with Crippen LogP contribution in [0.5, 0.6) is 6.01 Å². The summed E-state index contributed by atoms with van der Waals surface area (Å²) < 4.78 is 34.7. The number of carbonyl (C=O) groups is 5. The molecule has 1 aliphatic heterocycles. The molecule has 21 heteroatoms. The van der Waals surface area contributed by atoms with Gasteiger partial charge in [0.1, 0.15) is 25.3 Å². The first-order chi connectivity index (χ1) is 55.0. The summed E-state index contributed by atoms with van der Waals surface area (Å²) in [5, 5.41) is 3.05. The first-order valence-electron chi connectivity index (χ1n) is 45.0. The zero-order valence-electron chi connectivity index (χ0n) is 71.1. The van der Waals surface area contributed by atoms with Crippen molar-refractivity contribution in [2.45, 2.75) is 330 Å². The molecule has 636 valence electrons. The Morgan fingerprint density at radius 3 is 1.39 bits per heavy atom. The molecule has 1 amide bonds. The van der Waals surface area contributed by atoms with Crippen molar-refractivity contribution in [3.05, 3.63) is 82.3 Å². The molecule has 1 saturated heterocycles. The standard InChI is InChI=1S/C91H155N9O12/c1-6-10-14-17-26-35-47-73-109-83(102)57-40-29-20-23-32-43-60-96(61-44-33-24-21-30-41-58-84(103)110-74-48-36-27-18-15-11-7-2)64-51-65-97(62-45-34-25-22-31-42-59-85(104)111-75-49-37-28-19-16-12-8-3)63-46-38-39-56-82(101)92-87-86-88(95-90(94-87)112-72-13-9-4)100(91(106)93-86)69-53-68-99(67-52-66-98-70-76-108-77-71-98)79-80-54-50-55-81(78-80)89(105)107-5/h35-37,47-50,54-55,78H,6-34,38-46,51-53,56-77,79H2,1-5H3,(H,93,106)(H,92,94,95,101)/b47-35-,48-36-,49-37-. The van der Waals surface area contributed by atoms with Gasteiger partial charge < -0.3 is 48.5 Å². The zero-order valence-corrected chi connectivity index (χ0v) is 71.1. The summed E-state index contributed by atoms with van der Waals surface area (Å²) in [6.07, 6.45) is 58.4. The highest BCUT2D eigenvalue weighted by atomic mass is 16.5. The number of methoxy groups -OCH3 is 1. The van der Waals surface area contributed by atoms with E-state index in [0.29, 0.717) is 101 Å². The molecule has 0 bridgehead atoms. The molecule has 1 aromatic carbocycles. The number of morpholine rings is 1. The first-order valence-corrected chi connectivity index (χ1v) is 45.0. The van der Waals surface area contributed by atoms with Gasteiger partial charge in [0.05, 0.1) is 32.5 Å². The molecule has 3 heterocycles. The van der Waals surface area contributed by atoms with Gasteiger partial charge in [-0.25, -0.2) is 9.59 Å². The van der Waals surface area contributed by atoms with Crippen LogP contribution in [0.1, 0.15) is 333 Å². The Bertz CT molecular complexity index is 2980. The van der Waals surface area contributed by atoms with Gasteiger partial charge in [-0.1, -0.05) is 224 Å². The number of nitrogens with one attached hydrogen (secondary N) is 2. The predicted molar refractivity (Wildman–Crippen MR) is 456 cm³/mol. The normalized spacial score (nSPS) is 12.8. The highest BCUT2D eigenvalue weighted by Crippen LogP contribution is 2.23. The number of aromatic amines is 1. The number of rotatable bonds is 74. The molecule has 21 nitrogen and oxygen atoms in total. The highest BCUT2D eigenvalue weighted by molar-refractivity contribution is 5.97. The van der Waals surface area contributed by atoms with Crippen molar-refractivity contribution in [1.82, 2.24) is 39.1 Å². The molecule has 1 fully saturated rings. The number of allylic oxidation sites excluding steroid dienone is 3. The van der Waals surface area contributed by atoms with Crippen LogP contribution in [0.4, 0.5) is 5.82 Å². The summed E-state index contributed by atoms with van der Waals surface area (Å²) in [5.41, 5.74) is 1.93. The average molecular weight is 1570 g/mol. The maximum atomic E-state index is 13.9. The largest absolute Gasteiger partial charge is 0.465 e. The van der Waals surface area contributed by atoms with E-state index in [1.807, 2.05) is 36.4 Å². The summed E-state index contributed by atoms with van der Waals surface area (Å²) in [5.74, 6) is -0.619. The van der Waals surface area contributed by atoms with Gasteiger partial charge in [-0.05, 0) is 186 Å². The topological polar surface area (TPSA) is 229 Å². The zero-order chi connectivity index (χ0) is 80.2. The van der Waals surface area contributed by atoms with Crippen LogP contribution < -0.4 is 15.7 Å². The van der Waals surface area contributed by atoms with Crippen molar-refractivity contribution in [3.63, 3.8) is 0 Å². The third kappa shape index (κ3) is 50.2. The van der Waals surface area contributed by atoms with Gasteiger partial charge in [-0.2, -0.15) is 9.97 Å². The highest BCUT2D eigenvalue weighted by Gasteiger charge is 2.21. The lowest BCUT2D eigenvalue weighted by molar-refractivity contribution is -0.143. The van der Waals surface area contributed by atoms with Gasteiger partial charge in [-0.15, -0.1) is 0 Å². The molecule has 1 aliphatic rings.